The number of Topliss-reactive ketones (excluding diaryl/α,β-unsaturated/α-hetero) is 2. The Morgan fingerprint density at radius 2 is 1.55 bits per heavy atom. The van der Waals surface area contributed by atoms with E-state index < -0.39 is 17.5 Å². The minimum absolute atomic E-state index is 0.158. The van der Waals surface area contributed by atoms with Crippen LogP contribution in [0.5, 0.6) is 0 Å². The Labute approximate surface area is 127 Å². The Morgan fingerprint density at radius 1 is 0.909 bits per heavy atom. The minimum atomic E-state index is -0.485. The molecule has 22 heavy (non-hydrogen) atoms. The molecule has 0 atom stereocenters. The van der Waals surface area contributed by atoms with Crippen LogP contribution in [0.25, 0.3) is 17.2 Å². The summed E-state index contributed by atoms with van der Waals surface area (Å²) in [6, 6.07) is 12.3. The molecule has 1 amide bonds. The molecule has 0 aliphatic heterocycles. The van der Waals surface area contributed by atoms with Crippen LogP contribution in [0.4, 0.5) is 0 Å². The molecule has 0 saturated heterocycles. The molecule has 0 fully saturated rings. The topological polar surface area (TPSA) is 77.2 Å². The van der Waals surface area contributed by atoms with Gasteiger partial charge in [0.05, 0.1) is 0 Å². The van der Waals surface area contributed by atoms with Crippen LogP contribution >= 0.6 is 0 Å². The number of nitrogens with two attached hydrogens (primary N) is 1. The molecule has 0 aromatic heterocycles. The summed E-state index contributed by atoms with van der Waals surface area (Å²) in [7, 11) is 0. The summed E-state index contributed by atoms with van der Waals surface area (Å²) in [5.74, 6) is -1.36. The van der Waals surface area contributed by atoms with E-state index in [9.17, 15) is 14.4 Å². The van der Waals surface area contributed by atoms with E-state index >= 15 is 0 Å². The van der Waals surface area contributed by atoms with Crippen molar-refractivity contribution in [1.82, 2.24) is 0 Å². The van der Waals surface area contributed by atoms with Gasteiger partial charge in [-0.3, -0.25) is 14.4 Å². The van der Waals surface area contributed by atoms with E-state index in [0.29, 0.717) is 11.1 Å². The lowest BCUT2D eigenvalue weighted by Gasteiger charge is -2.18. The van der Waals surface area contributed by atoms with Crippen molar-refractivity contribution >= 4 is 23.5 Å². The smallest absolute Gasteiger partial charge is 0.234 e. The highest BCUT2D eigenvalue weighted by Gasteiger charge is 2.29. The Kier molecular flexibility index (Phi) is 3.43. The molecule has 0 radical (unpaired) electrons. The molecule has 0 saturated carbocycles. The fourth-order valence-electron chi connectivity index (χ4n) is 2.56. The highest BCUT2D eigenvalue weighted by molar-refractivity contribution is 6.53. The predicted octanol–water partition coefficient (Wildman–Crippen LogP) is 2.62. The lowest BCUT2D eigenvalue weighted by atomic mass is 9.83. The van der Waals surface area contributed by atoms with Gasteiger partial charge in [0.2, 0.25) is 17.5 Å². The Bertz CT molecular complexity index is 834. The van der Waals surface area contributed by atoms with Crippen LogP contribution in [0.2, 0.25) is 0 Å². The van der Waals surface area contributed by atoms with Crippen molar-refractivity contribution in [2.24, 2.45) is 5.73 Å². The minimum Gasteiger partial charge on any atom is -0.369 e. The van der Waals surface area contributed by atoms with Crippen molar-refractivity contribution in [2.75, 3.05) is 0 Å². The number of carbonyl (C=O) groups is 3. The number of carbonyl (C=O) groups excluding carboxylic acids is 3. The van der Waals surface area contributed by atoms with Crippen molar-refractivity contribution in [3.63, 3.8) is 0 Å². The standard InChI is InChI=1S/C18H13NO3/c19-16(20)7-3-4-11-8-9-14-15(10-11)12-5-1-2-6-13(12)17(21)18(14)22/h1-6,8-10H,7H2,(H2,19,20). The third-order valence-electron chi connectivity index (χ3n) is 3.59. The van der Waals surface area contributed by atoms with Gasteiger partial charge in [0.25, 0.3) is 0 Å². The maximum atomic E-state index is 12.2. The van der Waals surface area contributed by atoms with Gasteiger partial charge in [-0.1, -0.05) is 42.5 Å². The largest absolute Gasteiger partial charge is 0.369 e. The Morgan fingerprint density at radius 3 is 2.23 bits per heavy atom. The van der Waals surface area contributed by atoms with Gasteiger partial charge in [0.15, 0.2) is 0 Å². The molecule has 0 heterocycles. The van der Waals surface area contributed by atoms with Gasteiger partial charge in [0, 0.05) is 17.5 Å². The van der Waals surface area contributed by atoms with Gasteiger partial charge in [-0.25, -0.2) is 0 Å². The molecule has 0 spiro atoms. The van der Waals surface area contributed by atoms with Crippen molar-refractivity contribution in [3.8, 4) is 11.1 Å². The second-order valence-corrected chi connectivity index (χ2v) is 5.08. The first-order valence-corrected chi connectivity index (χ1v) is 6.85. The van der Waals surface area contributed by atoms with E-state index in [-0.39, 0.29) is 6.42 Å². The number of fused-ring (bicyclic) bond motifs is 3. The number of hydrogen-bond donors (Lipinski definition) is 1. The zero-order valence-electron chi connectivity index (χ0n) is 11.7. The average molecular weight is 291 g/mol. The number of rotatable bonds is 3. The first-order chi connectivity index (χ1) is 10.6. The molecular formula is C18H13NO3. The normalized spacial score (nSPS) is 13.1. The van der Waals surface area contributed by atoms with Crippen molar-refractivity contribution in [1.29, 1.82) is 0 Å². The molecule has 2 N–H and O–H groups in total. The molecular weight excluding hydrogens is 278 g/mol. The highest BCUT2D eigenvalue weighted by atomic mass is 16.2. The van der Waals surface area contributed by atoms with E-state index in [0.717, 1.165) is 16.7 Å². The van der Waals surface area contributed by atoms with E-state index in [1.54, 1.807) is 36.4 Å². The summed E-state index contributed by atoms with van der Waals surface area (Å²) in [4.78, 5) is 35.0. The highest BCUT2D eigenvalue weighted by Crippen LogP contribution is 2.34. The number of primary amides is 1. The summed E-state index contributed by atoms with van der Waals surface area (Å²) in [5.41, 5.74) is 8.27. The van der Waals surface area contributed by atoms with Crippen LogP contribution in [0.3, 0.4) is 0 Å². The lowest BCUT2D eigenvalue weighted by molar-refractivity contribution is -0.117. The molecule has 1 aliphatic carbocycles. The zero-order valence-corrected chi connectivity index (χ0v) is 11.7. The quantitative estimate of drug-likeness (QED) is 0.883. The molecule has 1 aliphatic rings. The molecule has 2 aromatic carbocycles. The van der Waals surface area contributed by atoms with Gasteiger partial charge in [0.1, 0.15) is 0 Å². The van der Waals surface area contributed by atoms with E-state index in [2.05, 4.69) is 0 Å². The van der Waals surface area contributed by atoms with Crippen LogP contribution in [0.1, 0.15) is 32.7 Å². The van der Waals surface area contributed by atoms with E-state index in [1.165, 1.54) is 0 Å². The molecule has 0 bridgehead atoms. The molecule has 108 valence electrons. The summed E-state index contributed by atoms with van der Waals surface area (Å²) < 4.78 is 0. The lowest BCUT2D eigenvalue weighted by Crippen LogP contribution is -2.21. The first-order valence-electron chi connectivity index (χ1n) is 6.85. The van der Waals surface area contributed by atoms with Crippen LogP contribution in [-0.2, 0) is 4.79 Å². The van der Waals surface area contributed by atoms with Crippen molar-refractivity contribution < 1.29 is 14.4 Å². The van der Waals surface area contributed by atoms with Gasteiger partial charge >= 0.3 is 0 Å². The van der Waals surface area contributed by atoms with Crippen molar-refractivity contribution in [3.05, 3.63) is 65.2 Å². The van der Waals surface area contributed by atoms with Gasteiger partial charge in [-0.05, 0) is 28.8 Å². The zero-order chi connectivity index (χ0) is 15.7. The Balaban J connectivity index is 2.09. The van der Waals surface area contributed by atoms with Crippen molar-refractivity contribution in [2.45, 2.75) is 6.42 Å². The Hall–Kier alpha value is -3.01. The molecule has 4 heteroatoms. The van der Waals surface area contributed by atoms with Gasteiger partial charge < -0.3 is 5.73 Å². The average Bonchev–Trinajstić information content (AvgIpc) is 2.52. The molecule has 4 nitrogen and oxygen atoms in total. The molecule has 3 rings (SSSR count). The summed E-state index contributed by atoms with van der Waals surface area (Å²) in [6.45, 7) is 0. The fourth-order valence-corrected chi connectivity index (χ4v) is 2.56. The molecule has 0 unspecified atom stereocenters. The monoisotopic (exact) mass is 291 g/mol. The second-order valence-electron chi connectivity index (χ2n) is 5.08. The van der Waals surface area contributed by atoms with Gasteiger partial charge in [-0.15, -0.1) is 0 Å². The molecule has 2 aromatic rings. The summed E-state index contributed by atoms with van der Waals surface area (Å²) in [6.07, 6.45) is 3.60. The second kappa shape index (κ2) is 5.41. The SMILES string of the molecule is NC(=O)CC=Cc1ccc2c(c1)-c1ccccc1C(=O)C2=O. The predicted molar refractivity (Wildman–Crippen MR) is 83.4 cm³/mol. The summed E-state index contributed by atoms with van der Waals surface area (Å²) in [5, 5.41) is 0. The third kappa shape index (κ3) is 2.35. The van der Waals surface area contributed by atoms with Crippen LogP contribution < -0.4 is 5.73 Å². The van der Waals surface area contributed by atoms with E-state index in [1.807, 2.05) is 18.2 Å². The van der Waals surface area contributed by atoms with Crippen LogP contribution in [-0.4, -0.2) is 17.5 Å². The first kappa shape index (κ1) is 13.9. The summed E-state index contributed by atoms with van der Waals surface area (Å²) >= 11 is 0. The number of ketones is 2. The number of hydrogen-bond acceptors (Lipinski definition) is 3. The number of amides is 1. The maximum Gasteiger partial charge on any atom is 0.234 e. The maximum absolute atomic E-state index is 12.2. The number of benzene rings is 2. The fraction of sp³-hybridized carbons (Fsp3) is 0.0556. The van der Waals surface area contributed by atoms with E-state index in [4.69, 9.17) is 5.73 Å². The third-order valence-corrected chi connectivity index (χ3v) is 3.59. The van der Waals surface area contributed by atoms with Crippen LogP contribution in [0.15, 0.2) is 48.5 Å². The van der Waals surface area contributed by atoms with Crippen LogP contribution in [0, 0.1) is 0 Å². The van der Waals surface area contributed by atoms with Gasteiger partial charge in [-0.2, -0.15) is 0 Å².